The van der Waals surface area contributed by atoms with Gasteiger partial charge in [-0.3, -0.25) is 0 Å². The Morgan fingerprint density at radius 1 is 1.36 bits per heavy atom. The van der Waals surface area contributed by atoms with Crippen molar-refractivity contribution in [2.45, 2.75) is 0 Å². The fourth-order valence-corrected chi connectivity index (χ4v) is 1.20. The molecular weight excluding hydrogens is 181 g/mol. The Kier molecular flexibility index (Phi) is 2.28. The van der Waals surface area contributed by atoms with Crippen LogP contribution in [0.5, 0.6) is 0 Å². The second-order valence-electron chi connectivity index (χ2n) is 1.99. The minimum Gasteiger partial charge on any atom is -0.397 e. The summed E-state index contributed by atoms with van der Waals surface area (Å²) in [4.78, 5) is 0. The Balaban J connectivity index is 3.39. The number of hydrogen-bond acceptors (Lipinski definition) is 1. The summed E-state index contributed by atoms with van der Waals surface area (Å²) in [6.45, 7) is 0. The molecule has 1 aromatic carbocycles. The first-order valence-corrected chi connectivity index (χ1v) is 3.62. The third-order valence-electron chi connectivity index (χ3n) is 1.25. The topological polar surface area (TPSA) is 26.0 Å². The Morgan fingerprint density at radius 2 is 2.00 bits per heavy atom. The van der Waals surface area contributed by atoms with Gasteiger partial charge in [0.1, 0.15) is 0 Å². The molecule has 0 aliphatic carbocycles. The van der Waals surface area contributed by atoms with Gasteiger partial charge in [0.05, 0.1) is 16.3 Å². The van der Waals surface area contributed by atoms with E-state index in [4.69, 9.17) is 35.4 Å². The van der Waals surface area contributed by atoms with Crippen LogP contribution in [0.15, 0.2) is 12.1 Å². The molecule has 0 unspecified atom stereocenters. The van der Waals surface area contributed by atoms with Gasteiger partial charge in [0.2, 0.25) is 0 Å². The smallest absolute Gasteiger partial charge is 0.0663 e. The highest BCUT2D eigenvalue weighted by Crippen LogP contribution is 2.26. The van der Waals surface area contributed by atoms with Crippen molar-refractivity contribution in [2.75, 3.05) is 5.73 Å². The highest BCUT2D eigenvalue weighted by molar-refractivity contribution is 6.36. The van der Waals surface area contributed by atoms with Crippen LogP contribution in [0.4, 0.5) is 5.69 Å². The second kappa shape index (κ2) is 3.04. The van der Waals surface area contributed by atoms with Crippen LogP contribution in [0.1, 0.15) is 5.56 Å². The van der Waals surface area contributed by atoms with Crippen molar-refractivity contribution in [2.24, 2.45) is 0 Å². The van der Waals surface area contributed by atoms with E-state index < -0.39 is 0 Å². The normalized spacial score (nSPS) is 9.18. The molecule has 0 heterocycles. The number of terminal acetylenes is 1. The molecule has 3 heteroatoms. The maximum atomic E-state index is 5.69. The van der Waals surface area contributed by atoms with Gasteiger partial charge in [-0.1, -0.05) is 29.1 Å². The summed E-state index contributed by atoms with van der Waals surface area (Å²) >= 11 is 11.4. The monoisotopic (exact) mass is 185 g/mol. The molecule has 0 bridgehead atoms. The maximum Gasteiger partial charge on any atom is 0.0663 e. The van der Waals surface area contributed by atoms with Gasteiger partial charge in [0.15, 0.2) is 0 Å². The minimum absolute atomic E-state index is 0.394. The van der Waals surface area contributed by atoms with E-state index in [0.29, 0.717) is 21.3 Å². The number of rotatable bonds is 0. The van der Waals surface area contributed by atoms with Crippen molar-refractivity contribution in [1.82, 2.24) is 0 Å². The Bertz CT molecular complexity index is 326. The van der Waals surface area contributed by atoms with Crippen molar-refractivity contribution in [1.29, 1.82) is 0 Å². The largest absolute Gasteiger partial charge is 0.397 e. The summed E-state index contributed by atoms with van der Waals surface area (Å²) in [6, 6.07) is 3.15. The Morgan fingerprint density at radius 3 is 2.55 bits per heavy atom. The Hall–Kier alpha value is -0.840. The first-order valence-electron chi connectivity index (χ1n) is 2.86. The van der Waals surface area contributed by atoms with E-state index >= 15 is 0 Å². The number of anilines is 1. The fraction of sp³-hybridized carbons (Fsp3) is 0. The van der Waals surface area contributed by atoms with Crippen LogP contribution in [-0.4, -0.2) is 0 Å². The van der Waals surface area contributed by atoms with E-state index in [1.54, 1.807) is 12.1 Å². The maximum absolute atomic E-state index is 5.69. The van der Waals surface area contributed by atoms with Gasteiger partial charge in [0, 0.05) is 5.02 Å². The lowest BCUT2D eigenvalue weighted by atomic mass is 10.2. The second-order valence-corrected chi connectivity index (χ2v) is 2.84. The van der Waals surface area contributed by atoms with Gasteiger partial charge >= 0.3 is 0 Å². The van der Waals surface area contributed by atoms with Crippen molar-refractivity contribution >= 4 is 28.9 Å². The number of nitrogen functional groups attached to an aromatic ring is 1. The summed E-state index contributed by atoms with van der Waals surface area (Å²) < 4.78 is 0. The predicted molar refractivity (Wildman–Crippen MR) is 48.8 cm³/mol. The zero-order valence-corrected chi connectivity index (χ0v) is 7.08. The Labute approximate surface area is 75.1 Å². The molecule has 0 fully saturated rings. The number of halogens is 2. The first-order chi connectivity index (χ1) is 5.15. The fourth-order valence-electron chi connectivity index (χ4n) is 0.704. The standard InChI is InChI=1S/C8H5Cl2N/c1-2-5-3-6(9)4-7(10)8(5)11/h1,3-4H,11H2. The van der Waals surface area contributed by atoms with Crippen LogP contribution in [0.3, 0.4) is 0 Å². The molecule has 1 nitrogen and oxygen atoms in total. The van der Waals surface area contributed by atoms with Crippen LogP contribution in [0, 0.1) is 12.3 Å². The lowest BCUT2D eigenvalue weighted by Gasteiger charge is -2.00. The van der Waals surface area contributed by atoms with Crippen LogP contribution >= 0.6 is 23.2 Å². The van der Waals surface area contributed by atoms with Gasteiger partial charge in [-0.15, -0.1) is 6.42 Å². The summed E-state index contributed by atoms with van der Waals surface area (Å²) in [6.07, 6.45) is 5.14. The molecule has 0 atom stereocenters. The van der Waals surface area contributed by atoms with Crippen molar-refractivity contribution in [3.05, 3.63) is 27.7 Å². The molecular formula is C8H5Cl2N. The first kappa shape index (κ1) is 8.26. The van der Waals surface area contributed by atoms with Gasteiger partial charge in [-0.25, -0.2) is 0 Å². The quantitative estimate of drug-likeness (QED) is 0.489. The van der Waals surface area contributed by atoms with E-state index in [9.17, 15) is 0 Å². The molecule has 0 saturated carbocycles. The predicted octanol–water partition coefficient (Wildman–Crippen LogP) is 2.56. The van der Waals surface area contributed by atoms with E-state index in [1.807, 2.05) is 0 Å². The summed E-state index contributed by atoms with van der Waals surface area (Å²) in [5.41, 5.74) is 6.46. The van der Waals surface area contributed by atoms with Gasteiger partial charge < -0.3 is 5.73 Å². The lowest BCUT2D eigenvalue weighted by Crippen LogP contribution is -1.90. The highest BCUT2D eigenvalue weighted by atomic mass is 35.5. The van der Waals surface area contributed by atoms with Crippen molar-refractivity contribution in [3.63, 3.8) is 0 Å². The molecule has 2 N–H and O–H groups in total. The molecule has 0 aliphatic rings. The molecule has 0 aromatic heterocycles. The minimum atomic E-state index is 0.394. The number of hydrogen-bond donors (Lipinski definition) is 1. The van der Waals surface area contributed by atoms with Gasteiger partial charge in [0.25, 0.3) is 0 Å². The molecule has 0 amide bonds. The third kappa shape index (κ3) is 1.59. The van der Waals surface area contributed by atoms with Gasteiger partial charge in [-0.05, 0) is 12.1 Å². The number of nitrogens with two attached hydrogens (primary N) is 1. The summed E-state index contributed by atoms with van der Waals surface area (Å²) in [5, 5.41) is 0.891. The van der Waals surface area contributed by atoms with Gasteiger partial charge in [-0.2, -0.15) is 0 Å². The van der Waals surface area contributed by atoms with E-state index in [1.165, 1.54) is 0 Å². The average Bonchev–Trinajstić information content (AvgIpc) is 1.96. The van der Waals surface area contributed by atoms with E-state index in [-0.39, 0.29) is 0 Å². The molecule has 0 saturated heterocycles. The summed E-state index contributed by atoms with van der Waals surface area (Å²) in [5.74, 6) is 2.38. The SMILES string of the molecule is C#Cc1cc(Cl)cc(Cl)c1N. The van der Waals surface area contributed by atoms with Crippen LogP contribution in [0.2, 0.25) is 10.0 Å². The summed E-state index contributed by atoms with van der Waals surface area (Å²) in [7, 11) is 0. The average molecular weight is 186 g/mol. The molecule has 0 spiro atoms. The van der Waals surface area contributed by atoms with E-state index in [0.717, 1.165) is 0 Å². The van der Waals surface area contributed by atoms with Crippen LogP contribution in [-0.2, 0) is 0 Å². The molecule has 0 aliphatic heterocycles. The molecule has 11 heavy (non-hydrogen) atoms. The highest BCUT2D eigenvalue weighted by Gasteiger charge is 2.02. The molecule has 1 rings (SSSR count). The van der Waals surface area contributed by atoms with E-state index in [2.05, 4.69) is 5.92 Å². The number of benzene rings is 1. The lowest BCUT2D eigenvalue weighted by molar-refractivity contribution is 1.63. The zero-order valence-electron chi connectivity index (χ0n) is 5.57. The van der Waals surface area contributed by atoms with Crippen molar-refractivity contribution in [3.8, 4) is 12.3 Å². The van der Waals surface area contributed by atoms with Crippen LogP contribution < -0.4 is 5.73 Å². The van der Waals surface area contributed by atoms with Crippen molar-refractivity contribution < 1.29 is 0 Å². The molecule has 56 valence electrons. The third-order valence-corrected chi connectivity index (χ3v) is 1.78. The molecule has 1 aromatic rings. The zero-order chi connectivity index (χ0) is 8.43. The molecule has 0 radical (unpaired) electrons. The van der Waals surface area contributed by atoms with Crippen LogP contribution in [0.25, 0.3) is 0 Å².